The van der Waals surface area contributed by atoms with Crippen molar-refractivity contribution in [3.63, 3.8) is 0 Å². The number of benzene rings is 1. The highest BCUT2D eigenvalue weighted by Crippen LogP contribution is 2.10. The van der Waals surface area contributed by atoms with E-state index in [1.54, 1.807) is 31.3 Å². The van der Waals surface area contributed by atoms with E-state index in [0.29, 0.717) is 12.1 Å². The van der Waals surface area contributed by atoms with Gasteiger partial charge >= 0.3 is 0 Å². The van der Waals surface area contributed by atoms with Gasteiger partial charge in [-0.25, -0.2) is 8.42 Å². The summed E-state index contributed by atoms with van der Waals surface area (Å²) >= 11 is 0. The smallest absolute Gasteiger partial charge is 0.237 e. The van der Waals surface area contributed by atoms with E-state index in [9.17, 15) is 13.2 Å². The molecular weight excluding hydrogens is 290 g/mol. The third-order valence-corrected chi connectivity index (χ3v) is 4.67. The molecule has 0 saturated heterocycles. The van der Waals surface area contributed by atoms with Crippen LogP contribution in [-0.4, -0.2) is 43.7 Å². The average molecular weight is 313 g/mol. The lowest BCUT2D eigenvalue weighted by atomic mass is 10.2. The minimum Gasteiger partial charge on any atom is -0.392 e. The zero-order valence-corrected chi connectivity index (χ0v) is 13.4. The predicted molar refractivity (Wildman–Crippen MR) is 82.4 cm³/mol. The van der Waals surface area contributed by atoms with Gasteiger partial charge in [-0.2, -0.15) is 0 Å². The lowest BCUT2D eigenvalue weighted by Gasteiger charge is -2.16. The first kappa shape index (κ1) is 17.7. The summed E-state index contributed by atoms with van der Waals surface area (Å²) < 4.78 is 24.1. The van der Waals surface area contributed by atoms with E-state index in [1.807, 2.05) is 6.92 Å². The monoisotopic (exact) mass is 313 g/mol. The quantitative estimate of drug-likeness (QED) is 0.786. The molecule has 21 heavy (non-hydrogen) atoms. The van der Waals surface area contributed by atoms with Crippen LogP contribution in [0.2, 0.25) is 0 Å². The summed E-state index contributed by atoms with van der Waals surface area (Å²) in [6, 6.07) is 6.68. The van der Waals surface area contributed by atoms with Crippen molar-refractivity contribution in [2.45, 2.75) is 32.1 Å². The van der Waals surface area contributed by atoms with Crippen molar-refractivity contribution in [2.75, 3.05) is 19.3 Å². The molecule has 0 fully saturated rings. The molecular formula is C15H23NO4S. The topological polar surface area (TPSA) is 74.7 Å². The summed E-state index contributed by atoms with van der Waals surface area (Å²) in [5, 5.41) is 8.94. The molecule has 0 aromatic heterocycles. The standard InChI is InChI=1S/C15H23NO4S/c1-3-4-9-16(2)15(18)12-21(19,20)11-14-7-5-13(10-17)6-8-14/h5-8,17H,3-4,9-12H2,1-2H3. The van der Waals surface area contributed by atoms with Crippen LogP contribution in [0.4, 0.5) is 0 Å². The summed E-state index contributed by atoms with van der Waals surface area (Å²) in [6.07, 6.45) is 1.83. The SMILES string of the molecule is CCCCN(C)C(=O)CS(=O)(=O)Cc1ccc(CO)cc1. The summed E-state index contributed by atoms with van der Waals surface area (Å²) in [5.74, 6) is -0.989. The normalized spacial score (nSPS) is 11.4. The third-order valence-electron chi connectivity index (χ3n) is 3.21. The van der Waals surface area contributed by atoms with Crippen LogP contribution in [0.1, 0.15) is 30.9 Å². The van der Waals surface area contributed by atoms with Crippen molar-refractivity contribution >= 4 is 15.7 Å². The van der Waals surface area contributed by atoms with Gasteiger partial charge in [0.15, 0.2) is 9.84 Å². The van der Waals surface area contributed by atoms with Gasteiger partial charge < -0.3 is 10.0 Å². The molecule has 0 aliphatic carbocycles. The first-order valence-electron chi connectivity index (χ1n) is 7.01. The van der Waals surface area contributed by atoms with Crippen molar-refractivity contribution in [2.24, 2.45) is 0 Å². The minimum atomic E-state index is -3.48. The molecule has 118 valence electrons. The summed E-state index contributed by atoms with van der Waals surface area (Å²) in [5.41, 5.74) is 1.35. The third kappa shape index (κ3) is 6.27. The van der Waals surface area contributed by atoms with E-state index < -0.39 is 15.6 Å². The Kier molecular flexibility index (Phi) is 6.84. The zero-order valence-electron chi connectivity index (χ0n) is 12.6. The maximum Gasteiger partial charge on any atom is 0.237 e. The second kappa shape index (κ2) is 8.14. The number of hydrogen-bond acceptors (Lipinski definition) is 4. The van der Waals surface area contributed by atoms with Crippen LogP contribution in [0.5, 0.6) is 0 Å². The van der Waals surface area contributed by atoms with Crippen LogP contribution in [-0.2, 0) is 27.0 Å². The van der Waals surface area contributed by atoms with Gasteiger partial charge in [0, 0.05) is 13.6 Å². The first-order chi connectivity index (χ1) is 9.88. The number of unbranched alkanes of at least 4 members (excludes halogenated alkanes) is 1. The highest BCUT2D eigenvalue weighted by Gasteiger charge is 2.20. The number of sulfone groups is 1. The van der Waals surface area contributed by atoms with E-state index in [2.05, 4.69) is 0 Å². The van der Waals surface area contributed by atoms with E-state index in [4.69, 9.17) is 5.11 Å². The maximum atomic E-state index is 12.0. The highest BCUT2D eigenvalue weighted by atomic mass is 32.2. The molecule has 0 heterocycles. The van der Waals surface area contributed by atoms with Gasteiger partial charge in [-0.1, -0.05) is 37.6 Å². The fourth-order valence-electron chi connectivity index (χ4n) is 1.86. The molecule has 6 heteroatoms. The van der Waals surface area contributed by atoms with Gasteiger partial charge in [-0.05, 0) is 17.5 Å². The van der Waals surface area contributed by atoms with Gasteiger partial charge in [0.2, 0.25) is 5.91 Å². The molecule has 0 aliphatic rings. The van der Waals surface area contributed by atoms with Crippen LogP contribution in [0.3, 0.4) is 0 Å². The van der Waals surface area contributed by atoms with Crippen molar-refractivity contribution < 1.29 is 18.3 Å². The summed E-state index contributed by atoms with van der Waals surface area (Å²) in [7, 11) is -1.85. The van der Waals surface area contributed by atoms with Gasteiger partial charge in [0.1, 0.15) is 5.75 Å². The van der Waals surface area contributed by atoms with Crippen molar-refractivity contribution in [3.8, 4) is 0 Å². The number of aliphatic hydroxyl groups is 1. The largest absolute Gasteiger partial charge is 0.392 e. The second-order valence-corrected chi connectivity index (χ2v) is 7.24. The lowest BCUT2D eigenvalue weighted by Crippen LogP contribution is -2.33. The molecule has 0 atom stereocenters. The molecule has 1 N–H and O–H groups in total. The van der Waals surface area contributed by atoms with E-state index in [-0.39, 0.29) is 18.3 Å². The maximum absolute atomic E-state index is 12.0. The fourth-order valence-corrected chi connectivity index (χ4v) is 3.26. The van der Waals surface area contributed by atoms with Crippen LogP contribution < -0.4 is 0 Å². The Morgan fingerprint density at radius 3 is 2.29 bits per heavy atom. The first-order valence-corrected chi connectivity index (χ1v) is 8.83. The van der Waals surface area contributed by atoms with E-state index in [0.717, 1.165) is 18.4 Å². The number of hydrogen-bond donors (Lipinski definition) is 1. The Morgan fingerprint density at radius 1 is 1.19 bits per heavy atom. The van der Waals surface area contributed by atoms with Gasteiger partial charge in [0.25, 0.3) is 0 Å². The predicted octanol–water partition coefficient (Wildman–Crippen LogP) is 1.35. The molecule has 1 aromatic carbocycles. The summed E-state index contributed by atoms with van der Waals surface area (Å²) in [4.78, 5) is 13.3. The Bertz CT molecular complexity index is 552. The molecule has 0 radical (unpaired) electrons. The Labute approximate surface area is 126 Å². The number of rotatable bonds is 8. The second-order valence-electron chi connectivity index (χ2n) is 5.18. The number of nitrogens with zero attached hydrogens (tertiary/aromatic N) is 1. The van der Waals surface area contributed by atoms with Gasteiger partial charge in [-0.3, -0.25) is 4.79 Å². The molecule has 0 spiro atoms. The number of carbonyl (C=O) groups is 1. The molecule has 0 saturated carbocycles. The molecule has 0 unspecified atom stereocenters. The van der Waals surface area contributed by atoms with Crippen LogP contribution in [0, 0.1) is 0 Å². The average Bonchev–Trinajstić information content (AvgIpc) is 2.44. The molecule has 1 rings (SSSR count). The van der Waals surface area contributed by atoms with E-state index in [1.165, 1.54) is 4.90 Å². The zero-order chi connectivity index (χ0) is 15.9. The summed E-state index contributed by atoms with van der Waals surface area (Å²) in [6.45, 7) is 2.52. The minimum absolute atomic E-state index is 0.0757. The lowest BCUT2D eigenvalue weighted by molar-refractivity contribution is -0.127. The number of aliphatic hydroxyl groups excluding tert-OH is 1. The molecule has 5 nitrogen and oxygen atoms in total. The van der Waals surface area contributed by atoms with Crippen LogP contribution >= 0.6 is 0 Å². The number of carbonyl (C=O) groups excluding carboxylic acids is 1. The Hall–Kier alpha value is -1.40. The molecule has 1 amide bonds. The van der Waals surface area contributed by atoms with Crippen LogP contribution in [0.15, 0.2) is 24.3 Å². The molecule has 0 bridgehead atoms. The fraction of sp³-hybridized carbons (Fsp3) is 0.533. The van der Waals surface area contributed by atoms with Crippen molar-refractivity contribution in [1.29, 1.82) is 0 Å². The van der Waals surface area contributed by atoms with Crippen molar-refractivity contribution in [3.05, 3.63) is 35.4 Å². The van der Waals surface area contributed by atoms with Crippen molar-refractivity contribution in [1.82, 2.24) is 4.90 Å². The van der Waals surface area contributed by atoms with Gasteiger partial charge in [0.05, 0.1) is 12.4 Å². The Balaban J connectivity index is 2.62. The number of amides is 1. The highest BCUT2D eigenvalue weighted by molar-refractivity contribution is 7.91. The molecule has 1 aromatic rings. The molecule has 0 aliphatic heterocycles. The van der Waals surface area contributed by atoms with E-state index >= 15 is 0 Å². The van der Waals surface area contributed by atoms with Gasteiger partial charge in [-0.15, -0.1) is 0 Å². The Morgan fingerprint density at radius 2 is 1.76 bits per heavy atom. The van der Waals surface area contributed by atoms with Crippen LogP contribution in [0.25, 0.3) is 0 Å².